The highest BCUT2D eigenvalue weighted by atomic mass is 32.1. The molecule has 4 nitrogen and oxygen atoms in total. The maximum Gasteiger partial charge on any atom is 0.245 e. The van der Waals surface area contributed by atoms with Gasteiger partial charge >= 0.3 is 0 Å². The fourth-order valence-electron chi connectivity index (χ4n) is 1.52. The zero-order chi connectivity index (χ0) is 13.7. The quantitative estimate of drug-likeness (QED) is 0.665. The molecule has 1 aromatic heterocycles. The Labute approximate surface area is 115 Å². The first kappa shape index (κ1) is 13.3. The fourth-order valence-corrected chi connectivity index (χ4v) is 2.23. The number of nitrogens with one attached hydrogen (secondary N) is 1. The average molecular weight is 274 g/mol. The van der Waals surface area contributed by atoms with E-state index < -0.39 is 0 Å². The molecule has 0 spiro atoms. The number of carbonyl (C=O) groups is 1. The van der Waals surface area contributed by atoms with Gasteiger partial charge in [-0.1, -0.05) is 6.07 Å². The van der Waals surface area contributed by atoms with Crippen molar-refractivity contribution in [3.8, 4) is 5.75 Å². The van der Waals surface area contributed by atoms with E-state index in [1.54, 1.807) is 42.5 Å². The number of hydrazone groups is 1. The van der Waals surface area contributed by atoms with Gasteiger partial charge in [0.1, 0.15) is 5.75 Å². The van der Waals surface area contributed by atoms with E-state index in [1.807, 2.05) is 17.5 Å². The number of phenolic OH excluding ortho intramolecular Hbond substituents is 1. The lowest BCUT2D eigenvalue weighted by atomic mass is 10.1. The molecule has 5 heteroatoms. The molecule has 2 rings (SSSR count). The largest absolute Gasteiger partial charge is 0.508 e. The molecule has 0 aliphatic carbocycles. The molecule has 0 saturated carbocycles. The van der Waals surface area contributed by atoms with E-state index in [2.05, 4.69) is 10.5 Å². The molecule has 0 unspecified atom stereocenters. The number of hydrogen-bond donors (Lipinski definition) is 2. The van der Waals surface area contributed by atoms with Crippen molar-refractivity contribution in [2.75, 3.05) is 0 Å². The molecule has 0 atom stereocenters. The van der Waals surface area contributed by atoms with Crippen molar-refractivity contribution in [1.82, 2.24) is 5.43 Å². The third-order valence-corrected chi connectivity index (χ3v) is 3.42. The number of benzene rings is 1. The standard InChI is InChI=1S/C14H14N2O2S/c1-10(11-4-6-12(17)7-5-11)15-16-14(18)9-13-3-2-8-19-13/h2-8,17H,9H2,1H3,(H,16,18). The Morgan fingerprint density at radius 3 is 2.68 bits per heavy atom. The molecule has 0 aliphatic rings. The minimum absolute atomic E-state index is 0.138. The van der Waals surface area contributed by atoms with Gasteiger partial charge in [-0.2, -0.15) is 5.10 Å². The van der Waals surface area contributed by atoms with Crippen molar-refractivity contribution in [2.45, 2.75) is 13.3 Å². The van der Waals surface area contributed by atoms with Crippen LogP contribution in [0.4, 0.5) is 0 Å². The molecule has 98 valence electrons. The van der Waals surface area contributed by atoms with E-state index in [1.165, 1.54) is 0 Å². The zero-order valence-electron chi connectivity index (χ0n) is 10.5. The summed E-state index contributed by atoms with van der Waals surface area (Å²) in [6.07, 6.45) is 0.337. The maximum absolute atomic E-state index is 11.6. The number of aromatic hydroxyl groups is 1. The lowest BCUT2D eigenvalue weighted by Gasteiger charge is -2.02. The van der Waals surface area contributed by atoms with Crippen molar-refractivity contribution in [3.63, 3.8) is 0 Å². The van der Waals surface area contributed by atoms with Crippen LogP contribution in [0, 0.1) is 0 Å². The predicted octanol–water partition coefficient (Wildman–Crippen LogP) is 2.54. The summed E-state index contributed by atoms with van der Waals surface area (Å²) in [5, 5.41) is 15.2. The molecule has 0 bridgehead atoms. The highest BCUT2D eigenvalue weighted by Gasteiger charge is 2.03. The highest BCUT2D eigenvalue weighted by molar-refractivity contribution is 7.10. The predicted molar refractivity (Wildman–Crippen MR) is 76.5 cm³/mol. The van der Waals surface area contributed by atoms with E-state index in [0.29, 0.717) is 12.1 Å². The fraction of sp³-hybridized carbons (Fsp3) is 0.143. The van der Waals surface area contributed by atoms with Crippen LogP contribution >= 0.6 is 11.3 Å². The number of amides is 1. The third-order valence-electron chi connectivity index (χ3n) is 2.55. The van der Waals surface area contributed by atoms with Gasteiger partial charge in [-0.15, -0.1) is 11.3 Å². The summed E-state index contributed by atoms with van der Waals surface area (Å²) in [5.41, 5.74) is 4.08. The molecule has 0 aliphatic heterocycles. The topological polar surface area (TPSA) is 61.7 Å². The van der Waals surface area contributed by atoms with Gasteiger partial charge in [-0.05, 0) is 48.2 Å². The van der Waals surface area contributed by atoms with E-state index in [-0.39, 0.29) is 11.7 Å². The lowest BCUT2D eigenvalue weighted by molar-refractivity contribution is -0.120. The van der Waals surface area contributed by atoms with Crippen molar-refractivity contribution in [3.05, 3.63) is 52.2 Å². The SMILES string of the molecule is CC(=NNC(=O)Cc1cccs1)c1ccc(O)cc1. The van der Waals surface area contributed by atoms with Gasteiger partial charge in [0.25, 0.3) is 0 Å². The monoisotopic (exact) mass is 274 g/mol. The van der Waals surface area contributed by atoms with E-state index in [0.717, 1.165) is 10.4 Å². The van der Waals surface area contributed by atoms with Crippen LogP contribution in [0.2, 0.25) is 0 Å². The molecular formula is C14H14N2O2S. The average Bonchev–Trinajstić information content (AvgIpc) is 2.89. The first-order chi connectivity index (χ1) is 9.15. The second-order valence-electron chi connectivity index (χ2n) is 4.04. The smallest absolute Gasteiger partial charge is 0.245 e. The van der Waals surface area contributed by atoms with Gasteiger partial charge in [0.05, 0.1) is 12.1 Å². The van der Waals surface area contributed by atoms with Crippen LogP contribution < -0.4 is 5.43 Å². The van der Waals surface area contributed by atoms with Crippen molar-refractivity contribution < 1.29 is 9.90 Å². The molecule has 2 aromatic rings. The summed E-state index contributed by atoms with van der Waals surface area (Å²) in [5.74, 6) is 0.0684. The number of rotatable bonds is 4. The number of hydrogen-bond acceptors (Lipinski definition) is 4. The molecule has 0 radical (unpaired) electrons. The molecule has 2 N–H and O–H groups in total. The summed E-state index contributed by atoms with van der Waals surface area (Å²) >= 11 is 1.55. The van der Waals surface area contributed by atoms with E-state index >= 15 is 0 Å². The van der Waals surface area contributed by atoms with Gasteiger partial charge in [-0.25, -0.2) is 5.43 Å². The molecular weight excluding hydrogens is 260 g/mol. The first-order valence-electron chi connectivity index (χ1n) is 5.80. The third kappa shape index (κ3) is 3.93. The van der Waals surface area contributed by atoms with Gasteiger partial charge in [0.2, 0.25) is 5.91 Å². The van der Waals surface area contributed by atoms with Crippen LogP contribution in [0.3, 0.4) is 0 Å². The molecule has 19 heavy (non-hydrogen) atoms. The Balaban J connectivity index is 1.94. The first-order valence-corrected chi connectivity index (χ1v) is 6.68. The summed E-state index contributed by atoms with van der Waals surface area (Å²) in [7, 11) is 0. The maximum atomic E-state index is 11.6. The van der Waals surface area contributed by atoms with Gasteiger partial charge < -0.3 is 5.11 Å². The van der Waals surface area contributed by atoms with Crippen molar-refractivity contribution in [2.24, 2.45) is 5.10 Å². The van der Waals surface area contributed by atoms with Crippen LogP contribution in [0.15, 0.2) is 46.9 Å². The van der Waals surface area contributed by atoms with Crippen LogP contribution in [-0.2, 0) is 11.2 Å². The van der Waals surface area contributed by atoms with E-state index in [4.69, 9.17) is 0 Å². The number of nitrogens with zero attached hydrogens (tertiary/aromatic N) is 1. The second-order valence-corrected chi connectivity index (χ2v) is 5.07. The Bertz CT molecular complexity index is 574. The number of carbonyl (C=O) groups excluding carboxylic acids is 1. The lowest BCUT2D eigenvalue weighted by Crippen LogP contribution is -2.20. The van der Waals surface area contributed by atoms with Crippen LogP contribution in [0.1, 0.15) is 17.4 Å². The van der Waals surface area contributed by atoms with E-state index in [9.17, 15) is 9.90 Å². The van der Waals surface area contributed by atoms with Gasteiger partial charge in [0, 0.05) is 4.88 Å². The Morgan fingerprint density at radius 1 is 1.32 bits per heavy atom. The van der Waals surface area contributed by atoms with Crippen LogP contribution in [-0.4, -0.2) is 16.7 Å². The van der Waals surface area contributed by atoms with Crippen molar-refractivity contribution >= 4 is 23.0 Å². The molecule has 1 aromatic carbocycles. The van der Waals surface area contributed by atoms with Gasteiger partial charge in [-0.3, -0.25) is 4.79 Å². The molecule has 0 fully saturated rings. The normalized spacial score (nSPS) is 11.3. The minimum atomic E-state index is -0.138. The van der Waals surface area contributed by atoms with Gasteiger partial charge in [0.15, 0.2) is 0 Å². The summed E-state index contributed by atoms with van der Waals surface area (Å²) in [6, 6.07) is 10.5. The molecule has 0 saturated heterocycles. The summed E-state index contributed by atoms with van der Waals surface area (Å²) in [4.78, 5) is 12.7. The Morgan fingerprint density at radius 2 is 2.05 bits per heavy atom. The minimum Gasteiger partial charge on any atom is -0.508 e. The number of phenols is 1. The van der Waals surface area contributed by atoms with Crippen LogP contribution in [0.5, 0.6) is 5.75 Å². The Hall–Kier alpha value is -2.14. The second kappa shape index (κ2) is 6.15. The summed E-state index contributed by atoms with van der Waals surface area (Å²) in [6.45, 7) is 1.80. The Kier molecular flexibility index (Phi) is 4.30. The number of thiophene rings is 1. The highest BCUT2D eigenvalue weighted by Crippen LogP contribution is 2.11. The summed E-state index contributed by atoms with van der Waals surface area (Å²) < 4.78 is 0. The van der Waals surface area contributed by atoms with Crippen molar-refractivity contribution in [1.29, 1.82) is 0 Å². The zero-order valence-corrected chi connectivity index (χ0v) is 11.3. The van der Waals surface area contributed by atoms with Crippen LogP contribution in [0.25, 0.3) is 0 Å². The molecule has 1 amide bonds. The molecule has 1 heterocycles.